The summed E-state index contributed by atoms with van der Waals surface area (Å²) in [7, 11) is 0. The van der Waals surface area contributed by atoms with E-state index in [2.05, 4.69) is 20.4 Å². The van der Waals surface area contributed by atoms with Crippen molar-refractivity contribution in [3.63, 3.8) is 0 Å². The number of hydrogen-bond acceptors (Lipinski definition) is 11. The first kappa shape index (κ1) is 37.1. The number of carbonyl (C=O) groups is 2. The third-order valence-corrected chi connectivity index (χ3v) is 10.3. The first-order valence-electron chi connectivity index (χ1n) is 16.9. The van der Waals surface area contributed by atoms with Gasteiger partial charge in [0.2, 0.25) is 11.7 Å². The van der Waals surface area contributed by atoms with Gasteiger partial charge in [-0.05, 0) is 66.9 Å². The molecule has 1 saturated heterocycles. The molecule has 0 aliphatic carbocycles. The van der Waals surface area contributed by atoms with Crippen LogP contribution >= 0.6 is 23.4 Å². The summed E-state index contributed by atoms with van der Waals surface area (Å²) in [5.74, 6) is -0.965. The van der Waals surface area contributed by atoms with E-state index in [9.17, 15) is 32.7 Å². The van der Waals surface area contributed by atoms with Crippen LogP contribution in [0.3, 0.4) is 0 Å². The molecule has 2 aliphatic rings. The summed E-state index contributed by atoms with van der Waals surface area (Å²) in [5.41, 5.74) is -1.15. The number of rotatable bonds is 8. The van der Waals surface area contributed by atoms with Gasteiger partial charge < -0.3 is 29.5 Å². The average Bonchev–Trinajstić information content (AvgIpc) is 3.60. The Balaban J connectivity index is 1.24. The minimum absolute atomic E-state index is 0.0838. The van der Waals surface area contributed by atoms with Gasteiger partial charge in [0.15, 0.2) is 17.3 Å². The molecular formula is C35H33ClF3N9O5S. The highest BCUT2D eigenvalue weighted by atomic mass is 35.5. The van der Waals surface area contributed by atoms with Crippen LogP contribution in [0.1, 0.15) is 39.9 Å². The lowest BCUT2D eigenvalue weighted by Crippen LogP contribution is -2.51. The van der Waals surface area contributed by atoms with Gasteiger partial charge in [0.25, 0.3) is 11.5 Å². The number of nitrogens with zero attached hydrogens (tertiary/aromatic N) is 8. The molecule has 0 atom stereocenters. The molecule has 0 spiro atoms. The number of fused-ring (bicyclic) bond motifs is 2. The first-order valence-corrected chi connectivity index (χ1v) is 18.1. The Morgan fingerprint density at radius 1 is 1.07 bits per heavy atom. The van der Waals surface area contributed by atoms with Crippen LogP contribution in [-0.4, -0.2) is 89.2 Å². The largest absolute Gasteiger partial charge is 0.504 e. The number of amides is 2. The van der Waals surface area contributed by atoms with Crippen LogP contribution in [0, 0.1) is 6.92 Å². The van der Waals surface area contributed by atoms with Crippen molar-refractivity contribution < 1.29 is 32.6 Å². The highest BCUT2D eigenvalue weighted by Crippen LogP contribution is 2.39. The number of hydrogen-bond donors (Lipinski definition) is 2. The zero-order valence-electron chi connectivity index (χ0n) is 29.0. The lowest BCUT2D eigenvalue weighted by atomic mass is 10.0. The molecule has 5 aromatic rings. The monoisotopic (exact) mass is 783 g/mol. The molecule has 7 rings (SSSR count). The summed E-state index contributed by atoms with van der Waals surface area (Å²) in [6, 6.07) is 9.37. The number of nitrogens with one attached hydrogen (secondary N) is 1. The van der Waals surface area contributed by atoms with Gasteiger partial charge in [-0.15, -0.1) is 5.10 Å². The van der Waals surface area contributed by atoms with Crippen LogP contribution in [0.2, 0.25) is 5.02 Å². The minimum Gasteiger partial charge on any atom is -0.504 e. The smallest absolute Gasteiger partial charge is 0.446 e. The van der Waals surface area contributed by atoms with E-state index in [1.54, 1.807) is 11.5 Å². The lowest BCUT2D eigenvalue weighted by Gasteiger charge is -2.36. The standard InChI is InChI=1S/C35H33ClF3N9O5S/c1-3-26-29(45-9-11-46(12-10-45)32(51)28-30(50)19(2)40-18-41-28)33(52)48-34(43-31(44-48)21-4-5-22-17-53-13-8-20(22)14-21)47(26)16-27(49)42-25-7-6-23(15-24(25)36)54-35(37,38)39/h4-7,14-15,18,50H,3,8-13,16-17H2,1-2H3,(H,42,49). The quantitative estimate of drug-likeness (QED) is 0.207. The van der Waals surface area contributed by atoms with Crippen LogP contribution in [0.5, 0.6) is 5.75 Å². The number of halogens is 4. The molecule has 2 N–H and O–H groups in total. The molecule has 54 heavy (non-hydrogen) atoms. The summed E-state index contributed by atoms with van der Waals surface area (Å²) in [6.45, 7) is 4.99. The highest BCUT2D eigenvalue weighted by Gasteiger charge is 2.32. The van der Waals surface area contributed by atoms with Gasteiger partial charge in [-0.1, -0.05) is 30.7 Å². The van der Waals surface area contributed by atoms with E-state index >= 15 is 0 Å². The van der Waals surface area contributed by atoms with Gasteiger partial charge >= 0.3 is 5.51 Å². The fourth-order valence-corrected chi connectivity index (χ4v) is 7.46. The van der Waals surface area contributed by atoms with Crippen molar-refractivity contribution in [1.29, 1.82) is 0 Å². The fraction of sp³-hybridized carbons (Fsp3) is 0.343. The molecule has 5 heterocycles. The molecule has 0 radical (unpaired) electrons. The van der Waals surface area contributed by atoms with Crippen molar-refractivity contribution in [1.82, 2.24) is 34.0 Å². The number of carbonyl (C=O) groups excluding carboxylic acids is 2. The number of anilines is 2. The van der Waals surface area contributed by atoms with Gasteiger partial charge in [0, 0.05) is 36.6 Å². The van der Waals surface area contributed by atoms with Crippen LogP contribution in [0.15, 0.2) is 52.4 Å². The maximum Gasteiger partial charge on any atom is 0.446 e. The molecule has 282 valence electrons. The maximum absolute atomic E-state index is 14.4. The molecule has 1 fully saturated rings. The van der Waals surface area contributed by atoms with Crippen LogP contribution in [0.25, 0.3) is 17.2 Å². The van der Waals surface area contributed by atoms with E-state index in [-0.39, 0.29) is 94.5 Å². The molecule has 0 saturated carbocycles. The zero-order valence-corrected chi connectivity index (χ0v) is 30.6. The van der Waals surface area contributed by atoms with E-state index < -0.39 is 22.9 Å². The molecule has 0 unspecified atom stereocenters. The number of ether oxygens (including phenoxy) is 1. The van der Waals surface area contributed by atoms with Gasteiger partial charge in [-0.25, -0.2) is 9.97 Å². The summed E-state index contributed by atoms with van der Waals surface area (Å²) >= 11 is 5.96. The van der Waals surface area contributed by atoms with Gasteiger partial charge in [-0.2, -0.15) is 22.7 Å². The summed E-state index contributed by atoms with van der Waals surface area (Å²) in [6.07, 6.45) is 2.21. The van der Waals surface area contributed by atoms with Crippen LogP contribution in [0.4, 0.5) is 24.5 Å². The fourth-order valence-electron chi connectivity index (χ4n) is 6.59. The zero-order chi connectivity index (χ0) is 38.3. The molecule has 2 amide bonds. The van der Waals surface area contributed by atoms with E-state index in [1.807, 2.05) is 30.0 Å². The summed E-state index contributed by atoms with van der Waals surface area (Å²) in [4.78, 5) is 57.2. The number of piperazine rings is 1. The number of thioether (sulfide) groups is 1. The Labute approximate surface area is 314 Å². The third-order valence-electron chi connectivity index (χ3n) is 9.24. The summed E-state index contributed by atoms with van der Waals surface area (Å²) in [5, 5.41) is 17.6. The molecule has 14 nitrogen and oxygen atoms in total. The van der Waals surface area contributed by atoms with Crippen molar-refractivity contribution in [3.8, 4) is 17.1 Å². The van der Waals surface area contributed by atoms with Gasteiger partial charge in [0.1, 0.15) is 18.6 Å². The van der Waals surface area contributed by atoms with E-state index in [0.717, 1.165) is 21.7 Å². The number of benzene rings is 2. The molecule has 3 aromatic heterocycles. The van der Waals surface area contributed by atoms with Gasteiger partial charge in [-0.3, -0.25) is 14.4 Å². The average molecular weight is 784 g/mol. The normalized spacial score (nSPS) is 14.7. The maximum atomic E-state index is 14.4. The van der Waals surface area contributed by atoms with Gasteiger partial charge in [0.05, 0.1) is 35.3 Å². The van der Waals surface area contributed by atoms with Crippen molar-refractivity contribution in [2.24, 2.45) is 0 Å². The van der Waals surface area contributed by atoms with Crippen molar-refractivity contribution in [2.75, 3.05) is 43.0 Å². The Bertz CT molecular complexity index is 2340. The second kappa shape index (κ2) is 14.9. The minimum atomic E-state index is -4.51. The molecule has 2 aliphatic heterocycles. The predicted octanol–water partition coefficient (Wildman–Crippen LogP) is 4.86. The van der Waals surface area contributed by atoms with Crippen molar-refractivity contribution in [3.05, 3.63) is 86.3 Å². The number of aromatic hydroxyl groups is 1. The number of aromatic nitrogens is 6. The topological polar surface area (TPSA) is 160 Å². The molecule has 0 bridgehead atoms. The lowest BCUT2D eigenvalue weighted by molar-refractivity contribution is -0.116. The van der Waals surface area contributed by atoms with E-state index in [1.165, 1.54) is 23.4 Å². The van der Waals surface area contributed by atoms with Crippen LogP contribution < -0.4 is 15.8 Å². The molecule has 19 heteroatoms. The Hall–Kier alpha value is -5.20. The van der Waals surface area contributed by atoms with Crippen molar-refractivity contribution in [2.45, 2.75) is 50.2 Å². The SMILES string of the molecule is CCc1c(N2CCN(C(=O)c3ncnc(C)c3O)CC2)c(=O)n2nc(-c3ccc4c(c3)CCOC4)nc2n1CC(=O)Nc1ccc(SC(F)(F)F)cc1Cl. The number of aryl methyl sites for hydroxylation is 1. The first-order chi connectivity index (χ1) is 25.8. The highest BCUT2D eigenvalue weighted by molar-refractivity contribution is 8.00. The Morgan fingerprint density at radius 2 is 1.85 bits per heavy atom. The molecule has 2 aromatic carbocycles. The van der Waals surface area contributed by atoms with Crippen LogP contribution in [-0.2, 0) is 35.5 Å². The predicted molar refractivity (Wildman–Crippen MR) is 194 cm³/mol. The molecular weight excluding hydrogens is 751 g/mol. The summed E-state index contributed by atoms with van der Waals surface area (Å²) < 4.78 is 47.1. The third kappa shape index (κ3) is 7.45. The Morgan fingerprint density at radius 3 is 2.57 bits per heavy atom. The van der Waals surface area contributed by atoms with Crippen molar-refractivity contribution >= 4 is 52.3 Å². The second-order valence-electron chi connectivity index (χ2n) is 12.6. The second-order valence-corrected chi connectivity index (χ2v) is 14.2. The Kier molecular flexibility index (Phi) is 10.3. The number of alkyl halides is 3. The van der Waals surface area contributed by atoms with E-state index in [4.69, 9.17) is 21.3 Å². The van der Waals surface area contributed by atoms with E-state index in [0.29, 0.717) is 37.3 Å².